The monoisotopic (exact) mass is 373 g/mol. The van der Waals surface area contributed by atoms with Gasteiger partial charge in [-0.15, -0.1) is 0 Å². The Hall–Kier alpha value is -2.34. The van der Waals surface area contributed by atoms with Crippen molar-refractivity contribution in [3.05, 3.63) is 54.6 Å². The molecular weight excluding hydrogens is 350 g/mol. The molecule has 0 unspecified atom stereocenters. The summed E-state index contributed by atoms with van der Waals surface area (Å²) >= 11 is 0. The number of rotatable bonds is 5. The Morgan fingerprint density at radius 3 is 2.27 bits per heavy atom. The minimum absolute atomic E-state index is 0.0354. The highest BCUT2D eigenvalue weighted by Gasteiger charge is 2.34. The highest BCUT2D eigenvalue weighted by Crippen LogP contribution is 2.23. The van der Waals surface area contributed by atoms with Crippen LogP contribution in [-0.4, -0.2) is 49.9 Å². The van der Waals surface area contributed by atoms with Gasteiger partial charge in [-0.05, 0) is 36.6 Å². The van der Waals surface area contributed by atoms with Crippen molar-refractivity contribution in [3.8, 4) is 16.9 Å². The maximum atomic E-state index is 12.5. The van der Waals surface area contributed by atoms with E-state index in [1.807, 2.05) is 54.6 Å². The summed E-state index contributed by atoms with van der Waals surface area (Å²) in [6.07, 6.45) is -0.186. The Morgan fingerprint density at radius 2 is 1.69 bits per heavy atom. The molecule has 1 aliphatic rings. The third kappa shape index (κ3) is 4.25. The molecule has 1 aliphatic heterocycles. The largest absolute Gasteiger partial charge is 0.481 e. The molecule has 1 fully saturated rings. The van der Waals surface area contributed by atoms with E-state index >= 15 is 0 Å². The maximum Gasteiger partial charge on any atom is 0.263 e. The quantitative estimate of drug-likeness (QED) is 0.808. The van der Waals surface area contributed by atoms with Gasteiger partial charge in [-0.3, -0.25) is 4.79 Å². The second-order valence-corrected chi connectivity index (χ2v) is 8.89. The van der Waals surface area contributed by atoms with Gasteiger partial charge in [-0.1, -0.05) is 42.5 Å². The van der Waals surface area contributed by atoms with Crippen molar-refractivity contribution in [3.63, 3.8) is 0 Å². The molecule has 1 saturated heterocycles. The molecule has 0 saturated carbocycles. The molecule has 1 heterocycles. The topological polar surface area (TPSA) is 63.7 Å². The first kappa shape index (κ1) is 18.5. The Labute approximate surface area is 154 Å². The van der Waals surface area contributed by atoms with E-state index in [1.54, 1.807) is 14.0 Å². The first-order valence-corrected chi connectivity index (χ1v) is 10.5. The summed E-state index contributed by atoms with van der Waals surface area (Å²) in [5, 5.41) is 0. The number of hydrogen-bond acceptors (Lipinski definition) is 4. The van der Waals surface area contributed by atoms with Crippen LogP contribution in [0.1, 0.15) is 13.3 Å². The zero-order valence-electron chi connectivity index (χ0n) is 15.0. The number of sulfone groups is 1. The van der Waals surface area contributed by atoms with Crippen LogP contribution >= 0.6 is 0 Å². The van der Waals surface area contributed by atoms with Crippen molar-refractivity contribution in [2.75, 3.05) is 18.6 Å². The zero-order chi connectivity index (χ0) is 18.7. The smallest absolute Gasteiger partial charge is 0.263 e. The molecule has 0 bridgehead atoms. The van der Waals surface area contributed by atoms with E-state index in [2.05, 4.69) is 0 Å². The molecule has 2 aromatic rings. The van der Waals surface area contributed by atoms with E-state index in [-0.39, 0.29) is 23.5 Å². The standard InChI is InChI=1S/C20H23NO4S/c1-15(20(22)21(2)18-12-13-26(23,24)14-18)25-19-10-8-17(9-11-19)16-6-4-3-5-7-16/h3-11,15,18H,12-14H2,1-2H3/t15-,18+/m0/s1. The van der Waals surface area contributed by atoms with E-state index in [1.165, 1.54) is 4.90 Å². The first-order chi connectivity index (χ1) is 12.4. The molecule has 5 nitrogen and oxygen atoms in total. The van der Waals surface area contributed by atoms with Crippen molar-refractivity contribution in [2.45, 2.75) is 25.5 Å². The summed E-state index contributed by atoms with van der Waals surface area (Å²) in [5.41, 5.74) is 2.19. The number of carbonyl (C=O) groups excluding carboxylic acids is 1. The second kappa shape index (κ2) is 7.50. The lowest BCUT2D eigenvalue weighted by Crippen LogP contribution is -2.44. The maximum absolute atomic E-state index is 12.5. The Balaban J connectivity index is 1.62. The van der Waals surface area contributed by atoms with Crippen molar-refractivity contribution >= 4 is 15.7 Å². The van der Waals surface area contributed by atoms with E-state index in [0.717, 1.165) is 11.1 Å². The molecule has 6 heteroatoms. The predicted molar refractivity (Wildman–Crippen MR) is 102 cm³/mol. The molecule has 0 aromatic heterocycles. The third-order valence-corrected chi connectivity index (χ3v) is 6.48. The lowest BCUT2D eigenvalue weighted by Gasteiger charge is -2.26. The normalized spacial score (nSPS) is 19.7. The summed E-state index contributed by atoms with van der Waals surface area (Å²) in [6.45, 7) is 1.69. The number of carbonyl (C=O) groups is 1. The lowest BCUT2D eigenvalue weighted by molar-refractivity contribution is -0.138. The van der Waals surface area contributed by atoms with E-state index in [0.29, 0.717) is 12.2 Å². The first-order valence-electron chi connectivity index (χ1n) is 8.65. The Morgan fingerprint density at radius 1 is 1.08 bits per heavy atom. The fraction of sp³-hybridized carbons (Fsp3) is 0.350. The van der Waals surface area contributed by atoms with Gasteiger partial charge in [-0.2, -0.15) is 0 Å². The molecule has 2 aromatic carbocycles. The van der Waals surface area contributed by atoms with Gasteiger partial charge in [0.05, 0.1) is 11.5 Å². The van der Waals surface area contributed by atoms with Gasteiger partial charge in [-0.25, -0.2) is 8.42 Å². The Bertz CT molecular complexity index is 862. The van der Waals surface area contributed by atoms with E-state index in [9.17, 15) is 13.2 Å². The molecule has 0 radical (unpaired) electrons. The van der Waals surface area contributed by atoms with E-state index in [4.69, 9.17) is 4.74 Å². The summed E-state index contributed by atoms with van der Waals surface area (Å²) in [4.78, 5) is 14.0. The minimum atomic E-state index is -3.02. The number of likely N-dealkylation sites (N-methyl/N-ethyl adjacent to an activating group) is 1. The molecule has 1 amide bonds. The molecule has 0 spiro atoms. The molecule has 3 rings (SSSR count). The summed E-state index contributed by atoms with van der Waals surface area (Å²) < 4.78 is 29.0. The summed E-state index contributed by atoms with van der Waals surface area (Å²) in [5.74, 6) is 0.580. The molecule has 0 aliphatic carbocycles. The van der Waals surface area contributed by atoms with Crippen LogP contribution in [0.4, 0.5) is 0 Å². The number of hydrogen-bond donors (Lipinski definition) is 0. The molecular formula is C20H23NO4S. The van der Waals surface area contributed by atoms with Gasteiger partial charge < -0.3 is 9.64 Å². The highest BCUT2D eigenvalue weighted by molar-refractivity contribution is 7.91. The fourth-order valence-electron chi connectivity index (χ4n) is 3.16. The van der Waals surface area contributed by atoms with Gasteiger partial charge in [0.1, 0.15) is 5.75 Å². The summed E-state index contributed by atoms with van der Waals surface area (Å²) in [6, 6.07) is 17.3. The highest BCUT2D eigenvalue weighted by atomic mass is 32.2. The summed E-state index contributed by atoms with van der Waals surface area (Å²) in [7, 11) is -1.38. The van der Waals surface area contributed by atoms with Crippen LogP contribution in [-0.2, 0) is 14.6 Å². The SMILES string of the molecule is C[C@H](Oc1ccc(-c2ccccc2)cc1)C(=O)N(C)[C@@H]1CCS(=O)(=O)C1. The van der Waals surface area contributed by atoms with Crippen LogP contribution in [0, 0.1) is 0 Å². The van der Waals surface area contributed by atoms with Crippen molar-refractivity contribution in [1.82, 2.24) is 4.90 Å². The molecule has 0 N–H and O–H groups in total. The Kier molecular flexibility index (Phi) is 5.32. The van der Waals surface area contributed by atoms with Gasteiger partial charge in [0.2, 0.25) is 0 Å². The second-order valence-electron chi connectivity index (χ2n) is 6.66. The molecule has 26 heavy (non-hydrogen) atoms. The number of benzene rings is 2. The number of amides is 1. The minimum Gasteiger partial charge on any atom is -0.481 e. The van der Waals surface area contributed by atoms with E-state index < -0.39 is 15.9 Å². The predicted octanol–water partition coefficient (Wildman–Crippen LogP) is 2.77. The van der Waals surface area contributed by atoms with Crippen LogP contribution in [0.2, 0.25) is 0 Å². The molecule has 138 valence electrons. The number of nitrogens with zero attached hydrogens (tertiary/aromatic N) is 1. The average Bonchev–Trinajstić information content (AvgIpc) is 3.01. The van der Waals surface area contributed by atoms with Gasteiger partial charge in [0, 0.05) is 13.1 Å². The fourth-order valence-corrected chi connectivity index (χ4v) is 4.93. The van der Waals surface area contributed by atoms with Crippen LogP contribution in [0.25, 0.3) is 11.1 Å². The number of ether oxygens (including phenoxy) is 1. The van der Waals surface area contributed by atoms with Crippen molar-refractivity contribution < 1.29 is 17.9 Å². The van der Waals surface area contributed by atoms with Crippen LogP contribution < -0.4 is 4.74 Å². The zero-order valence-corrected chi connectivity index (χ0v) is 15.8. The van der Waals surface area contributed by atoms with Gasteiger partial charge in [0.25, 0.3) is 5.91 Å². The average molecular weight is 373 g/mol. The van der Waals surface area contributed by atoms with Crippen LogP contribution in [0.3, 0.4) is 0 Å². The molecule has 2 atom stereocenters. The van der Waals surface area contributed by atoms with Crippen molar-refractivity contribution in [1.29, 1.82) is 0 Å². The van der Waals surface area contributed by atoms with Crippen LogP contribution in [0.15, 0.2) is 54.6 Å². The third-order valence-electron chi connectivity index (χ3n) is 4.73. The van der Waals surface area contributed by atoms with Crippen molar-refractivity contribution in [2.24, 2.45) is 0 Å². The van der Waals surface area contributed by atoms with Gasteiger partial charge in [0.15, 0.2) is 15.9 Å². The lowest BCUT2D eigenvalue weighted by atomic mass is 10.1. The van der Waals surface area contributed by atoms with Gasteiger partial charge >= 0.3 is 0 Å². The van der Waals surface area contributed by atoms with Crippen LogP contribution in [0.5, 0.6) is 5.75 Å².